The van der Waals surface area contributed by atoms with Gasteiger partial charge in [-0.3, -0.25) is 0 Å². The Balaban J connectivity index is 1.86. The maximum absolute atomic E-state index is 12.8. The molecule has 2 aromatic carbocycles. The summed E-state index contributed by atoms with van der Waals surface area (Å²) in [6, 6.07) is 15.8. The molecule has 0 amide bonds. The van der Waals surface area contributed by atoms with Crippen LogP contribution in [-0.4, -0.2) is 34.4 Å². The quantitative estimate of drug-likeness (QED) is 0.604. The summed E-state index contributed by atoms with van der Waals surface area (Å²) in [4.78, 5) is 12.8. The summed E-state index contributed by atoms with van der Waals surface area (Å²) < 4.78 is 2.98. The first-order valence-electron chi connectivity index (χ1n) is 8.64. The molecule has 1 aliphatic rings. The number of fused-ring (bicyclic) bond motifs is 1. The average molecular weight is 412 g/mol. The van der Waals surface area contributed by atoms with E-state index in [1.165, 1.54) is 0 Å². The van der Waals surface area contributed by atoms with Crippen molar-refractivity contribution in [1.82, 2.24) is 8.63 Å². The maximum atomic E-state index is 12.8. The molecule has 0 atom stereocenters. The number of hydroxylamine groups is 2. The van der Waals surface area contributed by atoms with E-state index in [9.17, 15) is 10.0 Å². The molecule has 0 aliphatic carbocycles. The summed E-state index contributed by atoms with van der Waals surface area (Å²) in [5.74, 6) is 0. The van der Waals surface area contributed by atoms with Crippen molar-refractivity contribution in [3.8, 4) is 5.69 Å². The van der Waals surface area contributed by atoms with E-state index in [4.69, 9.17) is 0 Å². The molecular weight excluding hydrogens is 391 g/mol. The summed E-state index contributed by atoms with van der Waals surface area (Å²) in [5, 5.41) is 14.6. The van der Waals surface area contributed by atoms with E-state index in [1.807, 2.05) is 85.9 Å². The molecule has 0 bridgehead atoms. The van der Waals surface area contributed by atoms with Crippen molar-refractivity contribution in [2.75, 3.05) is 0 Å². The van der Waals surface area contributed by atoms with Crippen molar-refractivity contribution >= 4 is 30.0 Å². The van der Waals surface area contributed by atoms with Gasteiger partial charge in [0.15, 0.2) is 0 Å². The second kappa shape index (κ2) is 5.80. The van der Waals surface area contributed by atoms with Gasteiger partial charge in [-0.25, -0.2) is 0 Å². The van der Waals surface area contributed by atoms with Crippen LogP contribution in [0.3, 0.4) is 0 Å². The molecule has 26 heavy (non-hydrogen) atoms. The molecule has 0 N–H and O–H groups in total. The molecule has 4 nitrogen and oxygen atoms in total. The summed E-state index contributed by atoms with van der Waals surface area (Å²) in [7, 11) is 0. The van der Waals surface area contributed by atoms with Crippen LogP contribution in [0, 0.1) is 0 Å². The van der Waals surface area contributed by atoms with Gasteiger partial charge in [0, 0.05) is 0 Å². The number of hydrogen-bond donors (Lipinski definition) is 0. The number of rotatable bonds is 2. The van der Waals surface area contributed by atoms with Gasteiger partial charge in [0.1, 0.15) is 0 Å². The van der Waals surface area contributed by atoms with Crippen LogP contribution in [0.5, 0.6) is 0 Å². The average Bonchev–Trinajstić information content (AvgIpc) is 3.03. The van der Waals surface area contributed by atoms with Gasteiger partial charge in [-0.05, 0) is 0 Å². The Hall–Kier alpha value is -1.91. The fourth-order valence-electron chi connectivity index (χ4n) is 3.80. The van der Waals surface area contributed by atoms with Crippen molar-refractivity contribution in [3.05, 3.63) is 70.5 Å². The Bertz CT molecular complexity index is 1090. The van der Waals surface area contributed by atoms with E-state index < -0.39 is 11.1 Å². The number of hydrogen-bond acceptors (Lipinski definition) is 2. The molecule has 4 rings (SSSR count). The van der Waals surface area contributed by atoms with Gasteiger partial charge in [0.05, 0.1) is 0 Å². The Kier molecular flexibility index (Phi) is 3.90. The Morgan fingerprint density at radius 1 is 0.962 bits per heavy atom. The molecule has 0 fully saturated rings. The van der Waals surface area contributed by atoms with Crippen molar-refractivity contribution < 1.29 is 5.21 Å². The van der Waals surface area contributed by atoms with E-state index in [0.717, 1.165) is 31.5 Å². The van der Waals surface area contributed by atoms with Crippen LogP contribution in [0.2, 0.25) is 0 Å². The second-order valence-corrected chi connectivity index (χ2v) is 9.87. The summed E-state index contributed by atoms with van der Waals surface area (Å²) in [6.07, 6.45) is 2.05. The predicted octanol–water partition coefficient (Wildman–Crippen LogP) is 3.65. The topological polar surface area (TPSA) is 45.1 Å². The van der Waals surface area contributed by atoms with Crippen LogP contribution < -0.4 is 5.56 Å². The van der Waals surface area contributed by atoms with Crippen molar-refractivity contribution in [2.45, 2.75) is 38.8 Å². The molecule has 0 saturated carbocycles. The van der Waals surface area contributed by atoms with Gasteiger partial charge in [0.2, 0.25) is 0 Å². The SMILES string of the molecule is CC1(C)C=C(c2cccc(-n3[se]c4ccccc4c3=O)c2)C(C)(C)N1[O]. The summed E-state index contributed by atoms with van der Waals surface area (Å²) >= 11 is -0.0598. The molecule has 1 radical (unpaired) electrons. The van der Waals surface area contributed by atoms with Gasteiger partial charge >= 0.3 is 159 Å². The van der Waals surface area contributed by atoms with Gasteiger partial charge in [-0.1, -0.05) is 0 Å². The number of benzene rings is 2. The zero-order valence-electron chi connectivity index (χ0n) is 15.3. The minimum atomic E-state index is -0.606. The van der Waals surface area contributed by atoms with E-state index in [2.05, 4.69) is 0 Å². The summed E-state index contributed by atoms with van der Waals surface area (Å²) in [5.41, 5.74) is 1.81. The van der Waals surface area contributed by atoms with E-state index in [1.54, 1.807) is 0 Å². The van der Waals surface area contributed by atoms with Gasteiger partial charge in [-0.15, -0.1) is 0 Å². The first kappa shape index (κ1) is 17.5. The van der Waals surface area contributed by atoms with Crippen molar-refractivity contribution in [3.63, 3.8) is 0 Å². The van der Waals surface area contributed by atoms with Crippen LogP contribution in [0.4, 0.5) is 0 Å². The third-order valence-corrected chi connectivity index (χ3v) is 7.40. The van der Waals surface area contributed by atoms with Gasteiger partial charge < -0.3 is 0 Å². The Labute approximate surface area is 158 Å². The molecular formula is C21H21N2O2Se. The molecule has 3 aromatic rings. The zero-order valence-corrected chi connectivity index (χ0v) is 17.0. The normalized spacial score (nSPS) is 19.0. The van der Waals surface area contributed by atoms with Crippen LogP contribution in [0.25, 0.3) is 20.9 Å². The van der Waals surface area contributed by atoms with Crippen molar-refractivity contribution in [1.29, 1.82) is 0 Å². The molecule has 2 heterocycles. The van der Waals surface area contributed by atoms with Crippen LogP contribution in [-0.2, 0) is 5.21 Å². The molecule has 5 heteroatoms. The molecule has 1 aromatic heterocycles. The Morgan fingerprint density at radius 3 is 2.35 bits per heavy atom. The summed E-state index contributed by atoms with van der Waals surface area (Å²) in [6.45, 7) is 7.77. The second-order valence-electron chi connectivity index (χ2n) is 7.80. The fourth-order valence-corrected chi connectivity index (χ4v) is 5.87. The molecule has 133 valence electrons. The van der Waals surface area contributed by atoms with E-state index in [0.29, 0.717) is 0 Å². The van der Waals surface area contributed by atoms with Gasteiger partial charge in [0.25, 0.3) is 0 Å². The first-order chi connectivity index (χ1) is 12.2. The standard InChI is InChI=1S/C21H21N2O2Se/c1-20(2)13-17(21(3,4)23(20)25)14-8-7-9-15(12-14)22-19(24)16-10-5-6-11-18(16)26-22/h5-13H,1-4H3. The molecule has 0 unspecified atom stereocenters. The van der Waals surface area contributed by atoms with Crippen LogP contribution in [0.15, 0.2) is 59.4 Å². The Morgan fingerprint density at radius 2 is 1.69 bits per heavy atom. The van der Waals surface area contributed by atoms with Crippen LogP contribution >= 0.6 is 0 Å². The number of nitrogens with zero attached hydrogens (tertiary/aromatic N) is 2. The third kappa shape index (κ3) is 2.55. The van der Waals surface area contributed by atoms with Crippen LogP contribution in [0.1, 0.15) is 33.3 Å². The van der Waals surface area contributed by atoms with E-state index in [-0.39, 0.29) is 20.3 Å². The number of aromatic nitrogens is 1. The zero-order chi connectivity index (χ0) is 18.7. The molecule has 1 aliphatic heterocycles. The predicted molar refractivity (Wildman–Crippen MR) is 105 cm³/mol. The van der Waals surface area contributed by atoms with E-state index >= 15 is 0 Å². The minimum absolute atomic E-state index is 0.0585. The monoisotopic (exact) mass is 413 g/mol. The third-order valence-electron chi connectivity index (χ3n) is 5.07. The molecule has 0 spiro atoms. The van der Waals surface area contributed by atoms with Crippen molar-refractivity contribution in [2.24, 2.45) is 0 Å². The first-order valence-corrected chi connectivity index (χ1v) is 10.3. The fraction of sp³-hybridized carbons (Fsp3) is 0.286. The van der Waals surface area contributed by atoms with Gasteiger partial charge in [-0.2, -0.15) is 0 Å². The molecule has 0 saturated heterocycles.